The summed E-state index contributed by atoms with van der Waals surface area (Å²) < 4.78 is 11.3. The summed E-state index contributed by atoms with van der Waals surface area (Å²) in [5.41, 5.74) is 4.50. The lowest BCUT2D eigenvalue weighted by molar-refractivity contribution is 0.122. The average molecular weight is 353 g/mol. The summed E-state index contributed by atoms with van der Waals surface area (Å²) in [4.78, 5) is 2.29. The van der Waals surface area contributed by atoms with Crippen molar-refractivity contribution in [3.8, 4) is 17.1 Å². The SMILES string of the molecule is Cc1nnc(-c2n[nH]c3ccc(OC(C)C)cc23)cc1N1CCOCC1. The van der Waals surface area contributed by atoms with Crippen molar-refractivity contribution in [2.45, 2.75) is 26.9 Å². The van der Waals surface area contributed by atoms with Crippen LogP contribution >= 0.6 is 0 Å². The van der Waals surface area contributed by atoms with E-state index in [0.717, 1.165) is 65.7 Å². The van der Waals surface area contributed by atoms with Gasteiger partial charge in [-0.3, -0.25) is 5.10 Å². The summed E-state index contributed by atoms with van der Waals surface area (Å²) >= 11 is 0. The topological polar surface area (TPSA) is 76.2 Å². The largest absolute Gasteiger partial charge is 0.491 e. The second-order valence-electron chi connectivity index (χ2n) is 6.75. The highest BCUT2D eigenvalue weighted by Gasteiger charge is 2.18. The van der Waals surface area contributed by atoms with Crippen molar-refractivity contribution >= 4 is 16.6 Å². The number of ether oxygens (including phenoxy) is 2. The highest BCUT2D eigenvalue weighted by Crippen LogP contribution is 2.31. The minimum Gasteiger partial charge on any atom is -0.491 e. The van der Waals surface area contributed by atoms with Gasteiger partial charge < -0.3 is 14.4 Å². The summed E-state index contributed by atoms with van der Waals surface area (Å²) in [6.07, 6.45) is 0.120. The molecule has 1 aliphatic heterocycles. The minimum absolute atomic E-state index is 0.120. The molecule has 0 unspecified atom stereocenters. The van der Waals surface area contributed by atoms with Crippen molar-refractivity contribution < 1.29 is 9.47 Å². The van der Waals surface area contributed by atoms with Crippen LogP contribution in [-0.4, -0.2) is 52.8 Å². The molecule has 0 radical (unpaired) electrons. The van der Waals surface area contributed by atoms with E-state index in [2.05, 4.69) is 31.4 Å². The molecule has 0 bridgehead atoms. The Bertz CT molecular complexity index is 915. The van der Waals surface area contributed by atoms with Gasteiger partial charge in [-0.05, 0) is 45.0 Å². The number of aromatic amines is 1. The van der Waals surface area contributed by atoms with Gasteiger partial charge in [0.05, 0.1) is 36.2 Å². The molecule has 26 heavy (non-hydrogen) atoms. The first-order chi connectivity index (χ1) is 12.6. The van der Waals surface area contributed by atoms with E-state index in [4.69, 9.17) is 9.47 Å². The fourth-order valence-electron chi connectivity index (χ4n) is 3.22. The van der Waals surface area contributed by atoms with Crippen LogP contribution in [0.15, 0.2) is 24.3 Å². The fraction of sp³-hybridized carbons (Fsp3) is 0.421. The van der Waals surface area contributed by atoms with Crippen LogP contribution in [0.3, 0.4) is 0 Å². The van der Waals surface area contributed by atoms with E-state index in [1.54, 1.807) is 0 Å². The van der Waals surface area contributed by atoms with Gasteiger partial charge in [-0.15, -0.1) is 5.10 Å². The molecule has 7 heteroatoms. The van der Waals surface area contributed by atoms with Gasteiger partial charge in [0.15, 0.2) is 0 Å². The van der Waals surface area contributed by atoms with Crippen LogP contribution in [0.25, 0.3) is 22.3 Å². The monoisotopic (exact) mass is 353 g/mol. The Morgan fingerprint density at radius 1 is 1.15 bits per heavy atom. The van der Waals surface area contributed by atoms with Gasteiger partial charge in [0.2, 0.25) is 0 Å². The molecule has 2 aromatic heterocycles. The first-order valence-electron chi connectivity index (χ1n) is 8.94. The first kappa shape index (κ1) is 16.8. The second-order valence-corrected chi connectivity index (χ2v) is 6.75. The van der Waals surface area contributed by atoms with Gasteiger partial charge in [-0.25, -0.2) is 0 Å². The third kappa shape index (κ3) is 3.22. The summed E-state index contributed by atoms with van der Waals surface area (Å²) in [5.74, 6) is 0.823. The normalized spacial score (nSPS) is 15.0. The van der Waals surface area contributed by atoms with Crippen LogP contribution < -0.4 is 9.64 Å². The molecule has 1 aromatic carbocycles. The molecular weight excluding hydrogens is 330 g/mol. The predicted octanol–water partition coefficient (Wildman–Crippen LogP) is 2.95. The van der Waals surface area contributed by atoms with Crippen LogP contribution in [-0.2, 0) is 4.74 Å². The number of nitrogens with one attached hydrogen (secondary N) is 1. The van der Waals surface area contributed by atoms with Crippen molar-refractivity contribution in [3.63, 3.8) is 0 Å². The van der Waals surface area contributed by atoms with Crippen molar-refractivity contribution in [1.82, 2.24) is 20.4 Å². The van der Waals surface area contributed by atoms with Crippen LogP contribution in [0.4, 0.5) is 5.69 Å². The third-order valence-corrected chi connectivity index (χ3v) is 4.45. The van der Waals surface area contributed by atoms with Crippen LogP contribution in [0.1, 0.15) is 19.5 Å². The molecule has 3 aromatic rings. The lowest BCUT2D eigenvalue weighted by Crippen LogP contribution is -2.36. The Kier molecular flexibility index (Phi) is 4.46. The molecule has 0 atom stereocenters. The molecule has 136 valence electrons. The lowest BCUT2D eigenvalue weighted by atomic mass is 10.1. The molecule has 3 heterocycles. The fourth-order valence-corrected chi connectivity index (χ4v) is 3.22. The molecule has 1 saturated heterocycles. The molecule has 1 fully saturated rings. The van der Waals surface area contributed by atoms with Gasteiger partial charge in [0.1, 0.15) is 17.1 Å². The summed E-state index contributed by atoms with van der Waals surface area (Å²) in [5, 5.41) is 17.3. The average Bonchev–Trinajstić information content (AvgIpc) is 3.06. The van der Waals surface area contributed by atoms with Crippen molar-refractivity contribution in [3.05, 3.63) is 30.0 Å². The van der Waals surface area contributed by atoms with Crippen molar-refractivity contribution in [1.29, 1.82) is 0 Å². The molecular formula is C19H23N5O2. The number of aryl methyl sites for hydroxylation is 1. The number of benzene rings is 1. The Morgan fingerprint density at radius 2 is 1.96 bits per heavy atom. The number of hydrogen-bond donors (Lipinski definition) is 1. The molecule has 1 N–H and O–H groups in total. The maximum Gasteiger partial charge on any atom is 0.120 e. The van der Waals surface area contributed by atoms with Crippen LogP contribution in [0.2, 0.25) is 0 Å². The zero-order chi connectivity index (χ0) is 18.1. The minimum atomic E-state index is 0.120. The Balaban J connectivity index is 1.75. The second kappa shape index (κ2) is 6.92. The van der Waals surface area contributed by atoms with Crippen molar-refractivity contribution in [2.75, 3.05) is 31.2 Å². The molecule has 0 amide bonds. The number of rotatable bonds is 4. The summed E-state index contributed by atoms with van der Waals surface area (Å²) in [6, 6.07) is 8.00. The molecule has 4 rings (SSSR count). The molecule has 7 nitrogen and oxygen atoms in total. The quantitative estimate of drug-likeness (QED) is 0.777. The number of H-pyrrole nitrogens is 1. The smallest absolute Gasteiger partial charge is 0.120 e. The van der Waals surface area contributed by atoms with E-state index in [9.17, 15) is 0 Å². The van der Waals surface area contributed by atoms with E-state index in [0.29, 0.717) is 0 Å². The highest BCUT2D eigenvalue weighted by molar-refractivity contribution is 5.93. The zero-order valence-electron chi connectivity index (χ0n) is 15.3. The molecule has 1 aliphatic rings. The highest BCUT2D eigenvalue weighted by atomic mass is 16.5. The van der Waals surface area contributed by atoms with E-state index < -0.39 is 0 Å². The molecule has 0 aliphatic carbocycles. The third-order valence-electron chi connectivity index (χ3n) is 4.45. The number of morpholine rings is 1. The number of anilines is 1. The van der Waals surface area contributed by atoms with Gasteiger partial charge in [-0.1, -0.05) is 0 Å². The van der Waals surface area contributed by atoms with Gasteiger partial charge in [0, 0.05) is 18.5 Å². The van der Waals surface area contributed by atoms with E-state index >= 15 is 0 Å². The van der Waals surface area contributed by atoms with Crippen LogP contribution in [0, 0.1) is 6.92 Å². The van der Waals surface area contributed by atoms with E-state index in [-0.39, 0.29) is 6.10 Å². The molecule has 0 spiro atoms. The standard InChI is InChI=1S/C19H23N5O2/c1-12(2)26-14-4-5-16-15(10-14)19(23-21-16)17-11-18(13(3)20-22-17)24-6-8-25-9-7-24/h4-5,10-12H,6-9H2,1-3H3,(H,21,23). The number of nitrogens with zero attached hydrogens (tertiary/aromatic N) is 4. The lowest BCUT2D eigenvalue weighted by Gasteiger charge is -2.29. The number of fused-ring (bicyclic) bond motifs is 1. The first-order valence-corrected chi connectivity index (χ1v) is 8.94. The zero-order valence-corrected chi connectivity index (χ0v) is 15.3. The Morgan fingerprint density at radius 3 is 2.73 bits per heavy atom. The predicted molar refractivity (Wildman–Crippen MR) is 101 cm³/mol. The van der Waals surface area contributed by atoms with Gasteiger partial charge in [0.25, 0.3) is 0 Å². The van der Waals surface area contributed by atoms with Crippen molar-refractivity contribution in [2.24, 2.45) is 0 Å². The number of aromatic nitrogens is 4. The van der Waals surface area contributed by atoms with Gasteiger partial charge >= 0.3 is 0 Å². The van der Waals surface area contributed by atoms with Gasteiger partial charge in [-0.2, -0.15) is 10.2 Å². The van der Waals surface area contributed by atoms with Crippen LogP contribution in [0.5, 0.6) is 5.75 Å². The maximum absolute atomic E-state index is 5.82. The van der Waals surface area contributed by atoms with E-state index in [1.165, 1.54) is 0 Å². The Labute approximate surface area is 152 Å². The number of hydrogen-bond acceptors (Lipinski definition) is 6. The maximum atomic E-state index is 5.82. The summed E-state index contributed by atoms with van der Waals surface area (Å²) in [7, 11) is 0. The van der Waals surface area contributed by atoms with E-state index in [1.807, 2.05) is 39.0 Å². The Hall–Kier alpha value is -2.67. The molecule has 0 saturated carbocycles. The summed E-state index contributed by atoms with van der Waals surface area (Å²) in [6.45, 7) is 9.20.